The molecule has 23 heteroatoms. The number of hydrogen-bond acceptors (Lipinski definition) is 23. The Morgan fingerprint density at radius 3 is 1.67 bits per heavy atom. The molecule has 2 aliphatic heterocycles. The monoisotopic (exact) mass is 1360 g/mol. The molecule has 1 saturated heterocycles. The van der Waals surface area contributed by atoms with Crippen molar-refractivity contribution in [2.75, 3.05) is 13.2 Å². The normalized spacial score (nSPS) is 44.3. The average molecular weight is 1360 g/mol. The van der Waals surface area contributed by atoms with Gasteiger partial charge in [-0.2, -0.15) is 0 Å². The lowest BCUT2D eigenvalue weighted by atomic mass is 9.81. The third kappa shape index (κ3) is 30.4. The Morgan fingerprint density at radius 2 is 1.06 bits per heavy atom. The minimum absolute atomic E-state index is 0.104. The molecule has 2 heterocycles. The van der Waals surface area contributed by atoms with Crippen molar-refractivity contribution < 1.29 is 111 Å². The maximum Gasteiger partial charge on any atom is 0.306 e. The van der Waals surface area contributed by atoms with E-state index in [9.17, 15) is 96.7 Å². The van der Waals surface area contributed by atoms with Crippen LogP contribution < -0.4 is 5.73 Å². The lowest BCUT2D eigenvalue weighted by Gasteiger charge is -2.41. The highest BCUT2D eigenvalue weighted by Crippen LogP contribution is 2.33. The van der Waals surface area contributed by atoms with E-state index in [1.165, 1.54) is 19.1 Å². The van der Waals surface area contributed by atoms with Gasteiger partial charge in [0.1, 0.15) is 36.6 Å². The van der Waals surface area contributed by atoms with Crippen LogP contribution >= 0.6 is 0 Å². The van der Waals surface area contributed by atoms with Gasteiger partial charge >= 0.3 is 5.97 Å². The van der Waals surface area contributed by atoms with Gasteiger partial charge in [-0.25, -0.2) is 0 Å². The van der Waals surface area contributed by atoms with Crippen LogP contribution in [0.1, 0.15) is 199 Å². The zero-order chi connectivity index (χ0) is 72.1. The largest absolute Gasteiger partial charge is 0.462 e. The highest BCUT2D eigenvalue weighted by molar-refractivity contribution is 5.69. The fourth-order valence-electron chi connectivity index (χ4n) is 13.2. The van der Waals surface area contributed by atoms with Gasteiger partial charge < -0.3 is 112 Å². The van der Waals surface area contributed by atoms with Gasteiger partial charge in [0.2, 0.25) is 0 Å². The molecule has 95 heavy (non-hydrogen) atoms. The average Bonchev–Trinajstić information content (AvgIpc) is 0.820. The van der Waals surface area contributed by atoms with E-state index in [0.717, 1.165) is 32.1 Å². The van der Waals surface area contributed by atoms with Crippen LogP contribution in [0.25, 0.3) is 0 Å². The van der Waals surface area contributed by atoms with Crippen molar-refractivity contribution in [1.29, 1.82) is 0 Å². The number of unbranched alkanes of at least 4 members (excludes halogenated alkanes) is 3. The van der Waals surface area contributed by atoms with Crippen LogP contribution in [-0.4, -0.2) is 239 Å². The van der Waals surface area contributed by atoms with Crippen LogP contribution in [-0.2, 0) is 19.0 Å². The third-order valence-corrected chi connectivity index (χ3v) is 20.8. The lowest BCUT2D eigenvalue weighted by Crippen LogP contribution is -2.60. The number of carbonyl (C=O) groups is 1. The zero-order valence-electron chi connectivity index (χ0n) is 59.3. The molecule has 0 aromatic rings. The van der Waals surface area contributed by atoms with E-state index in [0.29, 0.717) is 57.1 Å². The summed E-state index contributed by atoms with van der Waals surface area (Å²) in [5.41, 5.74) is 6.49. The summed E-state index contributed by atoms with van der Waals surface area (Å²) in [7, 11) is 0. The SMILES string of the molecule is C/C1=C\C(C)C(O)/C(C)=C/C(O[C@H]2O[C@H](CO)[C@@H](O)[C@H](O)[C@@H]2O)C(O)C(C)C(O)CC(O)/C=C/C(C)C(O)C(C)CCC(O)CC(O)C(C)C(O)C(C)C(O)CC(O)CC(O)C(C)C(C(C)CCCCCCN)OC(=O)CCCCCC(O)C(C)C(O)CC/C=C/C(C)C1O. The van der Waals surface area contributed by atoms with Crippen LogP contribution in [0.3, 0.4) is 0 Å². The Kier molecular flexibility index (Phi) is 42.4. The number of nitrogens with two attached hydrogens (primary N) is 1. The predicted molar refractivity (Wildman–Crippen MR) is 362 cm³/mol. The van der Waals surface area contributed by atoms with Crippen LogP contribution in [0.5, 0.6) is 0 Å². The molecule has 23 nitrogen and oxygen atoms in total. The molecule has 0 aromatic carbocycles. The summed E-state index contributed by atoms with van der Waals surface area (Å²) in [5, 5.41) is 200. The number of ether oxygens (including phenoxy) is 3. The van der Waals surface area contributed by atoms with E-state index >= 15 is 0 Å². The van der Waals surface area contributed by atoms with Gasteiger partial charge in [-0.05, 0) is 114 Å². The molecule has 0 aliphatic carbocycles. The number of hydrogen-bond donors (Lipinski definition) is 19. The summed E-state index contributed by atoms with van der Waals surface area (Å²) in [5.74, 6) is -6.35. The maximum absolute atomic E-state index is 13.5. The van der Waals surface area contributed by atoms with Crippen LogP contribution in [0.4, 0.5) is 0 Å². The molecule has 20 N–H and O–H groups in total. The third-order valence-electron chi connectivity index (χ3n) is 20.8. The van der Waals surface area contributed by atoms with Gasteiger partial charge in [0, 0.05) is 60.2 Å². The van der Waals surface area contributed by atoms with E-state index in [1.54, 1.807) is 74.5 Å². The molecule has 1 fully saturated rings. The topological polar surface area (TPSA) is 435 Å². The first-order valence-electron chi connectivity index (χ1n) is 35.6. The second-order valence-corrected chi connectivity index (χ2v) is 29.0. The van der Waals surface area contributed by atoms with Crippen molar-refractivity contribution in [3.8, 4) is 0 Å². The number of esters is 1. The molecule has 31 atom stereocenters. The first kappa shape index (κ1) is 88.7. The van der Waals surface area contributed by atoms with Crippen LogP contribution in [0, 0.1) is 59.2 Å². The fourth-order valence-corrected chi connectivity index (χ4v) is 13.2. The van der Waals surface area contributed by atoms with Gasteiger partial charge in [0.25, 0.3) is 0 Å². The first-order valence-corrected chi connectivity index (χ1v) is 35.6. The molecule has 2 rings (SSSR count). The smallest absolute Gasteiger partial charge is 0.306 e. The quantitative estimate of drug-likeness (QED) is 0.0845. The fraction of sp³-hybridized carbons (Fsp3) is 0.875. The van der Waals surface area contributed by atoms with Crippen LogP contribution in [0.15, 0.2) is 47.6 Å². The Bertz CT molecular complexity index is 2190. The van der Waals surface area contributed by atoms with E-state index < -0.39 is 188 Å². The van der Waals surface area contributed by atoms with E-state index in [2.05, 4.69) is 0 Å². The van der Waals surface area contributed by atoms with E-state index in [-0.39, 0.29) is 55.9 Å². The molecule has 0 saturated carbocycles. The Hall–Kier alpha value is -2.41. The van der Waals surface area contributed by atoms with Crippen molar-refractivity contribution in [3.05, 3.63) is 47.6 Å². The van der Waals surface area contributed by atoms with Crippen LogP contribution in [0.2, 0.25) is 0 Å². The van der Waals surface area contributed by atoms with Crippen molar-refractivity contribution in [2.24, 2.45) is 64.9 Å². The van der Waals surface area contributed by atoms with Crippen molar-refractivity contribution in [1.82, 2.24) is 0 Å². The Balaban J connectivity index is 2.44. The maximum atomic E-state index is 13.5. The van der Waals surface area contributed by atoms with E-state index in [4.69, 9.17) is 19.9 Å². The molecule has 2 aliphatic rings. The van der Waals surface area contributed by atoms with Gasteiger partial charge in [0.05, 0.1) is 92.1 Å². The predicted octanol–water partition coefficient (Wildman–Crippen LogP) is 3.50. The number of carbonyl (C=O) groups excluding carboxylic acids is 1. The zero-order valence-corrected chi connectivity index (χ0v) is 59.3. The summed E-state index contributed by atoms with van der Waals surface area (Å²) in [6.45, 7) is 20.3. The molecule has 0 aromatic heterocycles. The summed E-state index contributed by atoms with van der Waals surface area (Å²) < 4.78 is 17.8. The Labute approximate surface area is 567 Å². The number of allylic oxidation sites excluding steroid dienone is 1. The highest BCUT2D eigenvalue weighted by atomic mass is 16.7. The van der Waals surface area contributed by atoms with Crippen molar-refractivity contribution >= 4 is 5.97 Å². The lowest BCUT2D eigenvalue weighted by molar-refractivity contribution is -0.314. The molecule has 26 unspecified atom stereocenters. The minimum Gasteiger partial charge on any atom is -0.462 e. The van der Waals surface area contributed by atoms with Gasteiger partial charge in [-0.1, -0.05) is 138 Å². The van der Waals surface area contributed by atoms with Gasteiger partial charge in [-0.15, -0.1) is 0 Å². The molecular formula is C72H133NO22. The minimum atomic E-state index is -1.87. The number of cyclic esters (lactones) is 1. The molecular weight excluding hydrogens is 1230 g/mol. The van der Waals surface area contributed by atoms with Crippen molar-refractivity contribution in [3.63, 3.8) is 0 Å². The highest BCUT2D eigenvalue weighted by Gasteiger charge is 2.46. The van der Waals surface area contributed by atoms with Gasteiger partial charge in [-0.3, -0.25) is 4.79 Å². The van der Waals surface area contributed by atoms with E-state index in [1.807, 2.05) is 26.0 Å². The summed E-state index contributed by atoms with van der Waals surface area (Å²) in [4.78, 5) is 13.5. The number of aliphatic hydroxyl groups excluding tert-OH is 18. The molecule has 0 radical (unpaired) electrons. The summed E-state index contributed by atoms with van der Waals surface area (Å²) >= 11 is 0. The summed E-state index contributed by atoms with van der Waals surface area (Å²) in [6, 6.07) is 0. The van der Waals surface area contributed by atoms with Crippen molar-refractivity contribution in [2.45, 2.75) is 327 Å². The second-order valence-electron chi connectivity index (χ2n) is 29.0. The molecule has 0 bridgehead atoms. The van der Waals surface area contributed by atoms with Gasteiger partial charge in [0.15, 0.2) is 6.29 Å². The molecule has 558 valence electrons. The molecule has 0 amide bonds. The summed E-state index contributed by atoms with van der Waals surface area (Å²) in [6.07, 6.45) is -10.2. The second kappa shape index (κ2) is 45.5. The first-order chi connectivity index (χ1) is 44.5. The number of rotatable bonds is 10. The Morgan fingerprint density at radius 1 is 0.516 bits per heavy atom. The number of aliphatic hydroxyl groups is 18. The standard InChI is InChI=1S/C72H133NO22/c1-39-22-19-20-25-55(79)46(8)54(78)24-17-15-18-26-62(84)95-71(42(4)23-16-13-14-21-31-73)50(12)59(83)37-53(77)36-58(82)48(10)66(88)47(9)56(80)34-51(75)29-27-40(2)63(85)41(3)28-30-52(76)35-57(81)49(11)67(89)60(33-45(7)65(87)44(6)32-43(5)64(39)86)93-72-70(92)69(91)68(90)61(38-74)94-72/h19,22,28,30,32-33,39-42,44,46-61,63-72,74-83,85-92H,13-18,20-21,23-27,29,31,34-38,73H2,1-12H3/b22-19+,30-28+,43-32+,45-33+/t39?,40?,41?,42?,44?,46?,47?,48?,49?,50?,51?,52?,53?,54?,55?,56?,57?,58?,59?,60?,61-,63?,64?,65?,66?,67?,68-,69+,70+,71?,72+/m1/s1. The molecule has 0 spiro atoms.